The predicted octanol–water partition coefficient (Wildman–Crippen LogP) is 7.67. The van der Waals surface area contributed by atoms with Gasteiger partial charge in [-0.15, -0.1) is 0 Å². The van der Waals surface area contributed by atoms with Crippen LogP contribution in [0.15, 0.2) is 84.9 Å². The number of nitrogens with zero attached hydrogens (tertiary/aromatic N) is 2. The van der Waals surface area contributed by atoms with E-state index in [0.29, 0.717) is 0 Å². The molecular weight excluding hydrogens is 376 g/mol. The van der Waals surface area contributed by atoms with Crippen LogP contribution in [0.4, 0.5) is 0 Å². The zero-order valence-corrected chi connectivity index (χ0v) is 17.5. The molecule has 2 nitrogen and oxygen atoms in total. The van der Waals surface area contributed by atoms with E-state index >= 15 is 0 Å². The Labute approximate surface area is 179 Å². The number of benzene rings is 4. The number of rotatable bonds is 1. The third kappa shape index (κ3) is 2.19. The monoisotopic (exact) mass is 396 g/mol. The first-order valence-corrected chi connectivity index (χ1v) is 10.7. The summed E-state index contributed by atoms with van der Waals surface area (Å²) >= 11 is 0. The Morgan fingerprint density at radius 2 is 1.29 bits per heavy atom. The summed E-state index contributed by atoms with van der Waals surface area (Å²) < 4.78 is 2.42. The summed E-state index contributed by atoms with van der Waals surface area (Å²) in [5.74, 6) is 0. The number of aryl methyl sites for hydroxylation is 2. The molecule has 31 heavy (non-hydrogen) atoms. The average molecular weight is 396 g/mol. The van der Waals surface area contributed by atoms with Gasteiger partial charge in [0.05, 0.1) is 27.8 Å². The maximum atomic E-state index is 5.12. The van der Waals surface area contributed by atoms with Gasteiger partial charge in [0.15, 0.2) is 0 Å². The van der Waals surface area contributed by atoms with E-state index in [1.54, 1.807) is 0 Å². The molecular formula is C29H20N2. The number of fused-ring (bicyclic) bond motifs is 5. The standard InChI is InChI=1S/C29H20N2/c1-17-13-18(2)15-19(14-17)25-16-23-22-9-5-8-21-20-7-3-4-11-26(20)31(29(21)22)27-12-6-10-24(30-25)28(23)27/h3-16H,1-2H3. The van der Waals surface area contributed by atoms with Crippen LogP contribution < -0.4 is 0 Å². The van der Waals surface area contributed by atoms with Crippen molar-refractivity contribution in [3.05, 3.63) is 96.1 Å². The SMILES string of the molecule is Cc1cc(C)cc(-c2cc3c4cccc5c6ccccc6n(c6cccc(n2)c36)c45)c1. The highest BCUT2D eigenvalue weighted by Crippen LogP contribution is 2.41. The highest BCUT2D eigenvalue weighted by molar-refractivity contribution is 6.26. The number of hydrogen-bond acceptors (Lipinski definition) is 1. The third-order valence-corrected chi connectivity index (χ3v) is 6.56. The van der Waals surface area contributed by atoms with Gasteiger partial charge < -0.3 is 4.40 Å². The summed E-state index contributed by atoms with van der Waals surface area (Å²) in [6, 6.07) is 30.9. The van der Waals surface area contributed by atoms with E-state index in [1.807, 2.05) is 0 Å². The van der Waals surface area contributed by atoms with Gasteiger partial charge >= 0.3 is 0 Å². The molecule has 0 bridgehead atoms. The maximum Gasteiger partial charge on any atom is 0.0736 e. The Balaban J connectivity index is 1.75. The van der Waals surface area contributed by atoms with E-state index in [2.05, 4.69) is 103 Å². The van der Waals surface area contributed by atoms with Gasteiger partial charge in [-0.3, -0.25) is 0 Å². The second-order valence-corrected chi connectivity index (χ2v) is 8.66. The van der Waals surface area contributed by atoms with E-state index in [4.69, 9.17) is 4.98 Å². The number of para-hydroxylation sites is 2. The van der Waals surface area contributed by atoms with Crippen molar-refractivity contribution >= 4 is 49.0 Å². The van der Waals surface area contributed by atoms with Crippen LogP contribution in [0.5, 0.6) is 0 Å². The van der Waals surface area contributed by atoms with Crippen molar-refractivity contribution in [1.29, 1.82) is 0 Å². The minimum absolute atomic E-state index is 1.04. The molecule has 7 aromatic rings. The number of aromatic nitrogens is 2. The molecule has 146 valence electrons. The summed E-state index contributed by atoms with van der Waals surface area (Å²) in [5, 5.41) is 6.39. The van der Waals surface area contributed by atoms with Crippen LogP contribution in [0, 0.1) is 13.8 Å². The maximum absolute atomic E-state index is 5.12. The minimum Gasteiger partial charge on any atom is -0.308 e. The van der Waals surface area contributed by atoms with Gasteiger partial charge in [-0.1, -0.05) is 59.7 Å². The summed E-state index contributed by atoms with van der Waals surface area (Å²) in [4.78, 5) is 5.12. The quantitative estimate of drug-likeness (QED) is 0.206. The van der Waals surface area contributed by atoms with Crippen LogP contribution in [-0.4, -0.2) is 9.38 Å². The number of pyridine rings is 2. The lowest BCUT2D eigenvalue weighted by Crippen LogP contribution is -1.95. The second-order valence-electron chi connectivity index (χ2n) is 8.66. The minimum atomic E-state index is 1.04. The van der Waals surface area contributed by atoms with Gasteiger partial charge in [0.1, 0.15) is 0 Å². The Hall–Kier alpha value is -3.91. The van der Waals surface area contributed by atoms with Gasteiger partial charge in [-0.05, 0) is 55.6 Å². The lowest BCUT2D eigenvalue weighted by Gasteiger charge is -2.14. The Morgan fingerprint density at radius 3 is 2.13 bits per heavy atom. The van der Waals surface area contributed by atoms with Crippen molar-refractivity contribution in [2.45, 2.75) is 13.8 Å². The fourth-order valence-electron chi connectivity index (χ4n) is 5.42. The van der Waals surface area contributed by atoms with Crippen LogP contribution in [0.2, 0.25) is 0 Å². The summed E-state index contributed by atoms with van der Waals surface area (Å²) in [7, 11) is 0. The molecule has 0 fully saturated rings. The molecule has 0 atom stereocenters. The van der Waals surface area contributed by atoms with Crippen LogP contribution in [-0.2, 0) is 0 Å². The molecule has 0 amide bonds. The molecule has 7 rings (SSSR count). The third-order valence-electron chi connectivity index (χ3n) is 6.56. The van der Waals surface area contributed by atoms with Crippen molar-refractivity contribution in [3.8, 4) is 11.3 Å². The first-order chi connectivity index (χ1) is 15.2. The molecule has 0 aliphatic heterocycles. The zero-order chi connectivity index (χ0) is 20.7. The van der Waals surface area contributed by atoms with E-state index in [9.17, 15) is 0 Å². The summed E-state index contributed by atoms with van der Waals surface area (Å²) in [6.07, 6.45) is 0. The van der Waals surface area contributed by atoms with E-state index in [-0.39, 0.29) is 0 Å². The molecule has 0 N–H and O–H groups in total. The first-order valence-electron chi connectivity index (χ1n) is 10.7. The summed E-state index contributed by atoms with van der Waals surface area (Å²) in [6.45, 7) is 4.30. The van der Waals surface area contributed by atoms with Gasteiger partial charge in [-0.25, -0.2) is 4.98 Å². The second kappa shape index (κ2) is 5.83. The van der Waals surface area contributed by atoms with E-state index in [0.717, 1.165) is 11.2 Å². The molecule has 4 aromatic carbocycles. The molecule has 0 radical (unpaired) electrons. The molecule has 0 aliphatic rings. The van der Waals surface area contributed by atoms with Crippen LogP contribution in [0.1, 0.15) is 11.1 Å². The van der Waals surface area contributed by atoms with Gasteiger partial charge in [0.2, 0.25) is 0 Å². The fourth-order valence-corrected chi connectivity index (χ4v) is 5.42. The lowest BCUT2D eigenvalue weighted by molar-refractivity contribution is 1.33. The Kier molecular flexibility index (Phi) is 3.17. The topological polar surface area (TPSA) is 17.3 Å². The van der Waals surface area contributed by atoms with Gasteiger partial charge in [0.25, 0.3) is 0 Å². The zero-order valence-electron chi connectivity index (χ0n) is 17.5. The van der Waals surface area contributed by atoms with Gasteiger partial charge in [-0.2, -0.15) is 0 Å². The lowest BCUT2D eigenvalue weighted by atomic mass is 9.98. The van der Waals surface area contributed by atoms with E-state index in [1.165, 1.54) is 60.2 Å². The Morgan fingerprint density at radius 1 is 0.613 bits per heavy atom. The normalized spacial score (nSPS) is 12.2. The smallest absolute Gasteiger partial charge is 0.0736 e. The molecule has 0 saturated carbocycles. The highest BCUT2D eigenvalue weighted by Gasteiger charge is 2.18. The predicted molar refractivity (Wildman–Crippen MR) is 131 cm³/mol. The molecule has 3 heterocycles. The highest BCUT2D eigenvalue weighted by atomic mass is 14.9. The van der Waals surface area contributed by atoms with Crippen molar-refractivity contribution in [2.24, 2.45) is 0 Å². The van der Waals surface area contributed by atoms with Crippen LogP contribution in [0.3, 0.4) is 0 Å². The molecule has 3 aromatic heterocycles. The van der Waals surface area contributed by atoms with Crippen LogP contribution >= 0.6 is 0 Å². The van der Waals surface area contributed by atoms with Crippen molar-refractivity contribution in [3.63, 3.8) is 0 Å². The molecule has 0 spiro atoms. The average Bonchev–Trinajstić information content (AvgIpc) is 3.12. The number of hydrogen-bond donors (Lipinski definition) is 0. The van der Waals surface area contributed by atoms with Crippen LogP contribution in [0.25, 0.3) is 60.3 Å². The molecule has 0 unspecified atom stereocenters. The first kappa shape index (κ1) is 16.8. The molecule has 0 aliphatic carbocycles. The van der Waals surface area contributed by atoms with Crippen molar-refractivity contribution in [2.75, 3.05) is 0 Å². The Bertz CT molecular complexity index is 1780. The molecule has 0 saturated heterocycles. The molecule has 2 heteroatoms. The van der Waals surface area contributed by atoms with Gasteiger partial charge in [0, 0.05) is 27.1 Å². The van der Waals surface area contributed by atoms with E-state index < -0.39 is 0 Å². The van der Waals surface area contributed by atoms with Crippen molar-refractivity contribution in [1.82, 2.24) is 9.38 Å². The summed E-state index contributed by atoms with van der Waals surface area (Å²) in [5.41, 5.74) is 9.56. The largest absolute Gasteiger partial charge is 0.308 e. The fraction of sp³-hybridized carbons (Fsp3) is 0.0690. The van der Waals surface area contributed by atoms with Crippen molar-refractivity contribution < 1.29 is 0 Å².